The molecule has 4 atom stereocenters. The van der Waals surface area contributed by atoms with Crippen LogP contribution in [0.25, 0.3) is 0 Å². The third-order valence-electron chi connectivity index (χ3n) is 10.0. The maximum atomic E-state index is 13.7. The van der Waals surface area contributed by atoms with Crippen LogP contribution in [0.3, 0.4) is 0 Å². The highest BCUT2D eigenvalue weighted by atomic mass is 32.2. The van der Waals surface area contributed by atoms with Crippen LogP contribution in [0, 0.1) is 17.3 Å². The van der Waals surface area contributed by atoms with E-state index in [0.717, 1.165) is 36.4 Å². The highest BCUT2D eigenvalue weighted by Crippen LogP contribution is 2.63. The van der Waals surface area contributed by atoms with Crippen molar-refractivity contribution >= 4 is 39.5 Å². The average Bonchev–Trinajstić information content (AvgIpc) is 3.48. The highest BCUT2D eigenvalue weighted by Gasteiger charge is 2.60. The summed E-state index contributed by atoms with van der Waals surface area (Å²) in [7, 11) is -3.91. The van der Waals surface area contributed by atoms with Gasteiger partial charge in [-0.15, -0.1) is 0 Å². The number of carbonyl (C=O) groups is 3. The fourth-order valence-electron chi connectivity index (χ4n) is 8.59. The fourth-order valence-corrected chi connectivity index (χ4v) is 10.3. The SMILES string of the molecule is NC(N)=NC12CC3CC(C1)CC(C(=O)Nc1ccc(C[C@H](NC(=O)[C@@H]4CCCN4S(=O)(=O)c4ccccc4)C(=O)O)cc1)(C3)C2. The highest BCUT2D eigenvalue weighted by molar-refractivity contribution is 7.89. The second-order valence-electron chi connectivity index (χ2n) is 13.3. The quantitative estimate of drug-likeness (QED) is 0.193. The molecule has 13 heteroatoms. The number of hydrogen-bond acceptors (Lipinski definition) is 6. The van der Waals surface area contributed by atoms with Gasteiger partial charge in [0.25, 0.3) is 0 Å². The summed E-state index contributed by atoms with van der Waals surface area (Å²) in [4.78, 5) is 43.7. The van der Waals surface area contributed by atoms with Gasteiger partial charge in [-0.1, -0.05) is 30.3 Å². The molecule has 7 N–H and O–H groups in total. The Bertz CT molecular complexity index is 1590. The number of aliphatic imine (C=N–C) groups is 1. The van der Waals surface area contributed by atoms with E-state index in [1.54, 1.807) is 42.5 Å². The first-order valence-corrected chi connectivity index (χ1v) is 16.9. The Morgan fingerprint density at radius 1 is 1.00 bits per heavy atom. The standard InChI is InChI=1S/C32H40N6O6S/c33-30(34)37-32-17-21-13-22(18-32)16-31(15-21,19-32)29(42)35-23-10-8-20(9-11-23)14-25(28(40)41)36-27(39)26-7-4-12-38(26)45(43,44)24-5-2-1-3-6-24/h1-3,5-6,8-11,21-22,25-26H,4,7,12-19H2,(H,35,42)(H,36,39)(H,40,41)(H4,33,34,37)/t21?,22?,25-,26-,31?,32?/m0/s1. The number of amides is 2. The average molecular weight is 637 g/mol. The minimum absolute atomic E-state index is 0.0121. The Balaban J connectivity index is 1.10. The van der Waals surface area contributed by atoms with Crippen LogP contribution >= 0.6 is 0 Å². The summed E-state index contributed by atoms with van der Waals surface area (Å²) in [5.41, 5.74) is 11.9. The largest absolute Gasteiger partial charge is 0.480 e. The molecule has 2 amide bonds. The number of sulfonamides is 1. The number of guanidine groups is 1. The minimum Gasteiger partial charge on any atom is -0.480 e. The predicted molar refractivity (Wildman–Crippen MR) is 167 cm³/mol. The second-order valence-corrected chi connectivity index (χ2v) is 15.2. The summed E-state index contributed by atoms with van der Waals surface area (Å²) in [6.45, 7) is 0.179. The van der Waals surface area contributed by atoms with E-state index >= 15 is 0 Å². The molecule has 7 rings (SSSR count). The molecule has 1 heterocycles. The molecule has 1 aliphatic heterocycles. The van der Waals surface area contributed by atoms with Crippen LogP contribution in [-0.2, 0) is 30.8 Å². The van der Waals surface area contributed by atoms with Crippen molar-refractivity contribution in [2.45, 2.75) is 80.3 Å². The molecule has 5 fully saturated rings. The zero-order valence-electron chi connectivity index (χ0n) is 25.0. The zero-order valence-corrected chi connectivity index (χ0v) is 25.8. The third-order valence-corrected chi connectivity index (χ3v) is 11.9. The van der Waals surface area contributed by atoms with E-state index in [0.29, 0.717) is 42.3 Å². The number of carboxylic acids is 1. The molecule has 0 aromatic heterocycles. The van der Waals surface area contributed by atoms with Crippen molar-refractivity contribution in [3.63, 3.8) is 0 Å². The lowest BCUT2D eigenvalue weighted by molar-refractivity contribution is -0.142. The van der Waals surface area contributed by atoms with Crippen molar-refractivity contribution in [3.8, 4) is 0 Å². The van der Waals surface area contributed by atoms with Gasteiger partial charge in [0.05, 0.1) is 15.8 Å². The topological polar surface area (TPSA) is 197 Å². The predicted octanol–water partition coefficient (Wildman–Crippen LogP) is 2.20. The van der Waals surface area contributed by atoms with Crippen molar-refractivity contribution in [2.75, 3.05) is 11.9 Å². The normalized spacial score (nSPS) is 29.6. The van der Waals surface area contributed by atoms with Crippen LogP contribution < -0.4 is 22.1 Å². The fraction of sp³-hybridized carbons (Fsp3) is 0.500. The molecule has 4 aliphatic carbocycles. The smallest absolute Gasteiger partial charge is 0.326 e. The molecule has 4 saturated carbocycles. The first kappa shape index (κ1) is 31.0. The Kier molecular flexibility index (Phi) is 8.10. The molecule has 0 spiro atoms. The second kappa shape index (κ2) is 11.8. The van der Waals surface area contributed by atoms with Gasteiger partial charge in [0.15, 0.2) is 5.96 Å². The van der Waals surface area contributed by atoms with Crippen LogP contribution in [-0.4, -0.2) is 65.7 Å². The number of anilines is 1. The molecule has 2 aromatic carbocycles. The molecule has 2 unspecified atom stereocenters. The summed E-state index contributed by atoms with van der Waals surface area (Å²) < 4.78 is 27.5. The van der Waals surface area contributed by atoms with Gasteiger partial charge in [0.2, 0.25) is 21.8 Å². The van der Waals surface area contributed by atoms with Crippen molar-refractivity contribution in [1.29, 1.82) is 0 Å². The lowest BCUT2D eigenvalue weighted by atomic mass is 9.46. The van der Waals surface area contributed by atoms with Crippen LogP contribution in [0.15, 0.2) is 64.5 Å². The van der Waals surface area contributed by atoms with Gasteiger partial charge < -0.3 is 27.2 Å². The molecule has 4 bridgehead atoms. The van der Waals surface area contributed by atoms with E-state index in [2.05, 4.69) is 15.6 Å². The number of benzene rings is 2. The van der Waals surface area contributed by atoms with Gasteiger partial charge in [-0.25, -0.2) is 18.2 Å². The summed E-state index contributed by atoms with van der Waals surface area (Å²) in [5, 5.41) is 15.5. The van der Waals surface area contributed by atoms with E-state index < -0.39 is 39.4 Å². The molecule has 240 valence electrons. The molecule has 45 heavy (non-hydrogen) atoms. The third kappa shape index (κ3) is 6.15. The van der Waals surface area contributed by atoms with E-state index in [1.807, 2.05) is 0 Å². The summed E-state index contributed by atoms with van der Waals surface area (Å²) in [5.74, 6) is -1.01. The lowest BCUT2D eigenvalue weighted by Gasteiger charge is -2.59. The molecular weight excluding hydrogens is 596 g/mol. The number of hydrogen-bond donors (Lipinski definition) is 5. The Morgan fingerprint density at radius 2 is 1.67 bits per heavy atom. The Labute approximate surface area is 262 Å². The van der Waals surface area contributed by atoms with Crippen molar-refractivity contribution in [3.05, 3.63) is 60.2 Å². The number of nitrogens with zero attached hydrogens (tertiary/aromatic N) is 2. The number of carboxylic acid groups (broad SMARTS) is 1. The van der Waals surface area contributed by atoms with Crippen LogP contribution in [0.4, 0.5) is 5.69 Å². The molecule has 1 saturated heterocycles. The first-order valence-electron chi connectivity index (χ1n) is 15.5. The van der Waals surface area contributed by atoms with E-state index in [1.165, 1.54) is 12.1 Å². The first-order chi connectivity index (χ1) is 21.4. The number of nitrogens with two attached hydrogens (primary N) is 2. The maximum Gasteiger partial charge on any atom is 0.326 e. The van der Waals surface area contributed by atoms with Gasteiger partial charge in [0.1, 0.15) is 12.1 Å². The Morgan fingerprint density at radius 3 is 2.29 bits per heavy atom. The minimum atomic E-state index is -3.91. The summed E-state index contributed by atoms with van der Waals surface area (Å²) in [6.07, 6.45) is 5.97. The van der Waals surface area contributed by atoms with Crippen LogP contribution in [0.2, 0.25) is 0 Å². The number of rotatable bonds is 10. The van der Waals surface area contributed by atoms with Crippen molar-refractivity contribution < 1.29 is 27.9 Å². The molecule has 0 radical (unpaired) electrons. The van der Waals surface area contributed by atoms with Gasteiger partial charge in [0, 0.05) is 18.7 Å². The molecular formula is C32H40N6O6S. The van der Waals surface area contributed by atoms with Gasteiger partial charge >= 0.3 is 5.97 Å². The summed E-state index contributed by atoms with van der Waals surface area (Å²) >= 11 is 0. The number of aliphatic carboxylic acids is 1. The van der Waals surface area contributed by atoms with Crippen molar-refractivity contribution in [2.24, 2.45) is 33.7 Å². The molecule has 12 nitrogen and oxygen atoms in total. The molecule has 2 aromatic rings. The number of nitrogens with one attached hydrogen (secondary N) is 2. The van der Waals surface area contributed by atoms with Crippen molar-refractivity contribution in [1.82, 2.24) is 9.62 Å². The van der Waals surface area contributed by atoms with Gasteiger partial charge in [-0.2, -0.15) is 4.31 Å². The zero-order chi connectivity index (χ0) is 32.0. The van der Waals surface area contributed by atoms with E-state index in [-0.39, 0.29) is 35.3 Å². The van der Waals surface area contributed by atoms with Crippen LogP contribution in [0.5, 0.6) is 0 Å². The van der Waals surface area contributed by atoms with Gasteiger partial charge in [-0.3, -0.25) is 9.59 Å². The summed E-state index contributed by atoms with van der Waals surface area (Å²) in [6, 6.07) is 12.5. The van der Waals surface area contributed by atoms with Gasteiger partial charge in [-0.05, 0) is 93.0 Å². The maximum absolute atomic E-state index is 13.7. The number of carbonyl (C=O) groups excluding carboxylic acids is 2. The lowest BCUT2D eigenvalue weighted by Crippen LogP contribution is -2.59. The van der Waals surface area contributed by atoms with Crippen LogP contribution in [0.1, 0.15) is 56.9 Å². The molecule has 5 aliphatic rings. The van der Waals surface area contributed by atoms with E-state index in [4.69, 9.17) is 11.5 Å². The Hall–Kier alpha value is -3.97. The van der Waals surface area contributed by atoms with E-state index in [9.17, 15) is 27.9 Å². The monoisotopic (exact) mass is 636 g/mol.